The van der Waals surface area contributed by atoms with Gasteiger partial charge in [0.2, 0.25) is 0 Å². The van der Waals surface area contributed by atoms with Crippen LogP contribution in [0.3, 0.4) is 0 Å². The minimum Gasteiger partial charge on any atom is -0.0617 e. The van der Waals surface area contributed by atoms with Gasteiger partial charge in [-0.3, -0.25) is 0 Å². The quantitative estimate of drug-likeness (QED) is 0.494. The maximum absolute atomic E-state index is 2.34. The number of aryl methyl sites for hydroxylation is 2. The molecule has 0 N–H and O–H groups in total. The van der Waals surface area contributed by atoms with Crippen molar-refractivity contribution in [3.63, 3.8) is 0 Å². The molecule has 0 aliphatic rings. The van der Waals surface area contributed by atoms with E-state index in [-0.39, 0.29) is 0 Å². The third kappa shape index (κ3) is 3.60. The van der Waals surface area contributed by atoms with Gasteiger partial charge in [0.05, 0.1) is 0 Å². The molecule has 0 saturated carbocycles. The van der Waals surface area contributed by atoms with Crippen molar-refractivity contribution in [2.45, 2.75) is 54.4 Å². The molecule has 0 spiro atoms. The predicted octanol–water partition coefficient (Wildman–Crippen LogP) is 6.72. The largest absolute Gasteiger partial charge is 0.0617 e. The molecule has 0 radical (unpaired) electrons. The average Bonchev–Trinajstić information content (AvgIpc) is 2.62. The molecule has 0 fully saturated rings. The van der Waals surface area contributed by atoms with Gasteiger partial charge in [-0.2, -0.15) is 0 Å². The Morgan fingerprint density at radius 1 is 0.423 bits per heavy atom. The molecule has 0 aliphatic heterocycles. The summed E-state index contributed by atoms with van der Waals surface area (Å²) in [6.07, 6.45) is 2.04. The highest BCUT2D eigenvalue weighted by atomic mass is 14.2. The van der Waals surface area contributed by atoms with Crippen molar-refractivity contribution < 1.29 is 0 Å². The Bertz CT molecular complexity index is 866. The lowest BCUT2D eigenvalue weighted by molar-refractivity contribution is 1.06. The fourth-order valence-electron chi connectivity index (χ4n) is 3.73. The van der Waals surface area contributed by atoms with Crippen molar-refractivity contribution in [2.75, 3.05) is 0 Å². The molecule has 0 bridgehead atoms. The molecule has 0 aromatic heterocycles. The minimum absolute atomic E-state index is 1.02. The van der Waals surface area contributed by atoms with Crippen LogP contribution in [-0.2, 0) is 12.8 Å². The normalized spacial score (nSPS) is 11.0. The Kier molecular flexibility index (Phi) is 5.32. The minimum atomic E-state index is 1.02. The highest BCUT2D eigenvalue weighted by molar-refractivity contribution is 5.46. The summed E-state index contributed by atoms with van der Waals surface area (Å²) in [5.74, 6) is 0. The van der Waals surface area contributed by atoms with Crippen LogP contribution in [-0.4, -0.2) is 0 Å². The van der Waals surface area contributed by atoms with Crippen molar-refractivity contribution in [2.24, 2.45) is 0 Å². The Hall–Kier alpha value is -2.34. The van der Waals surface area contributed by atoms with Crippen molar-refractivity contribution in [1.29, 1.82) is 0 Å². The second kappa shape index (κ2) is 7.50. The van der Waals surface area contributed by atoms with Crippen LogP contribution in [0, 0.1) is 41.5 Å². The Morgan fingerprint density at radius 3 is 1.15 bits per heavy atom. The molecule has 0 heterocycles. The standard InChI is InChI=1S/C26H30/c1-17-9-7-11-23(19(17)3)15-25-13-14-26(22(6)21(25)5)16-24-12-8-10-18(2)20(24)4/h7-14H,15-16H2,1-6H3. The number of hydrogen-bond donors (Lipinski definition) is 0. The molecule has 134 valence electrons. The van der Waals surface area contributed by atoms with Crippen molar-refractivity contribution in [3.05, 3.63) is 104 Å². The van der Waals surface area contributed by atoms with E-state index < -0.39 is 0 Å². The Balaban J connectivity index is 1.91. The molecule has 0 atom stereocenters. The van der Waals surface area contributed by atoms with E-state index in [4.69, 9.17) is 0 Å². The predicted molar refractivity (Wildman–Crippen MR) is 113 cm³/mol. The van der Waals surface area contributed by atoms with Crippen LogP contribution in [0.5, 0.6) is 0 Å². The van der Waals surface area contributed by atoms with E-state index in [1.165, 1.54) is 55.6 Å². The highest BCUT2D eigenvalue weighted by Crippen LogP contribution is 2.25. The van der Waals surface area contributed by atoms with E-state index in [9.17, 15) is 0 Å². The average molecular weight is 343 g/mol. The van der Waals surface area contributed by atoms with Crippen molar-refractivity contribution in [3.8, 4) is 0 Å². The summed E-state index contributed by atoms with van der Waals surface area (Å²) in [4.78, 5) is 0. The van der Waals surface area contributed by atoms with E-state index in [1.807, 2.05) is 0 Å². The first-order chi connectivity index (χ1) is 12.4. The first-order valence-electron chi connectivity index (χ1n) is 9.56. The molecule has 0 aliphatic carbocycles. The summed E-state index contributed by atoms with van der Waals surface area (Å²) in [6.45, 7) is 13.4. The summed E-state index contributed by atoms with van der Waals surface area (Å²) >= 11 is 0. The molecule has 3 aromatic carbocycles. The number of rotatable bonds is 4. The van der Waals surface area contributed by atoms with E-state index in [2.05, 4.69) is 90.1 Å². The van der Waals surface area contributed by atoms with Crippen LogP contribution in [0.25, 0.3) is 0 Å². The summed E-state index contributed by atoms with van der Waals surface area (Å²) in [5.41, 5.74) is 14.2. The van der Waals surface area contributed by atoms with E-state index in [0.717, 1.165) is 12.8 Å². The van der Waals surface area contributed by atoms with Crippen molar-refractivity contribution >= 4 is 0 Å². The van der Waals surface area contributed by atoms with Gasteiger partial charge in [0.1, 0.15) is 0 Å². The van der Waals surface area contributed by atoms with Crippen LogP contribution in [0.15, 0.2) is 48.5 Å². The Morgan fingerprint density at radius 2 is 0.769 bits per heavy atom. The van der Waals surface area contributed by atoms with Gasteiger partial charge in [-0.05, 0) is 110 Å². The van der Waals surface area contributed by atoms with Crippen LogP contribution in [0.2, 0.25) is 0 Å². The van der Waals surface area contributed by atoms with Crippen LogP contribution < -0.4 is 0 Å². The van der Waals surface area contributed by atoms with Gasteiger partial charge in [-0.15, -0.1) is 0 Å². The fourth-order valence-corrected chi connectivity index (χ4v) is 3.73. The fraction of sp³-hybridized carbons (Fsp3) is 0.308. The summed E-state index contributed by atoms with van der Waals surface area (Å²) in [7, 11) is 0. The van der Waals surface area contributed by atoms with Gasteiger partial charge >= 0.3 is 0 Å². The van der Waals surface area contributed by atoms with E-state index in [0.29, 0.717) is 0 Å². The smallest absolute Gasteiger partial charge is 0.00203 e. The molecule has 0 nitrogen and oxygen atoms in total. The maximum atomic E-state index is 2.34. The highest BCUT2D eigenvalue weighted by Gasteiger charge is 2.11. The third-order valence-electron chi connectivity index (χ3n) is 6.21. The summed E-state index contributed by atoms with van der Waals surface area (Å²) in [5, 5.41) is 0. The lowest BCUT2D eigenvalue weighted by atomic mass is 9.89. The second-order valence-corrected chi connectivity index (χ2v) is 7.71. The van der Waals surface area contributed by atoms with Gasteiger partial charge in [-0.25, -0.2) is 0 Å². The van der Waals surface area contributed by atoms with Gasteiger partial charge < -0.3 is 0 Å². The summed E-state index contributed by atoms with van der Waals surface area (Å²) < 4.78 is 0. The van der Waals surface area contributed by atoms with Crippen LogP contribution in [0.1, 0.15) is 55.6 Å². The third-order valence-corrected chi connectivity index (χ3v) is 6.21. The van der Waals surface area contributed by atoms with Crippen LogP contribution in [0.4, 0.5) is 0 Å². The summed E-state index contributed by atoms with van der Waals surface area (Å²) in [6, 6.07) is 18.0. The Labute approximate surface area is 158 Å². The number of benzene rings is 3. The molecule has 0 heteroatoms. The molecular formula is C26H30. The first kappa shape index (κ1) is 18.5. The van der Waals surface area contributed by atoms with E-state index in [1.54, 1.807) is 0 Å². The zero-order chi connectivity index (χ0) is 18.8. The lowest BCUT2D eigenvalue weighted by Gasteiger charge is -2.16. The molecule has 3 aromatic rings. The van der Waals surface area contributed by atoms with Gasteiger partial charge in [0.15, 0.2) is 0 Å². The zero-order valence-corrected chi connectivity index (χ0v) is 17.0. The SMILES string of the molecule is Cc1cccc(Cc2ccc(Cc3cccc(C)c3C)c(C)c2C)c1C. The van der Waals surface area contributed by atoms with Gasteiger partial charge in [0.25, 0.3) is 0 Å². The maximum Gasteiger partial charge on any atom is -0.00203 e. The molecule has 0 unspecified atom stereocenters. The number of hydrogen-bond acceptors (Lipinski definition) is 0. The van der Waals surface area contributed by atoms with Gasteiger partial charge in [0, 0.05) is 0 Å². The van der Waals surface area contributed by atoms with E-state index >= 15 is 0 Å². The van der Waals surface area contributed by atoms with Crippen molar-refractivity contribution in [1.82, 2.24) is 0 Å². The lowest BCUT2D eigenvalue weighted by Crippen LogP contribution is -2.02. The first-order valence-corrected chi connectivity index (χ1v) is 9.56. The van der Waals surface area contributed by atoms with Crippen LogP contribution >= 0.6 is 0 Å². The molecule has 0 amide bonds. The molecular weight excluding hydrogens is 312 g/mol. The second-order valence-electron chi connectivity index (χ2n) is 7.71. The monoisotopic (exact) mass is 342 g/mol. The molecule has 0 saturated heterocycles. The zero-order valence-electron chi connectivity index (χ0n) is 17.0. The van der Waals surface area contributed by atoms with Gasteiger partial charge in [-0.1, -0.05) is 48.5 Å². The molecule has 3 rings (SSSR count). The topological polar surface area (TPSA) is 0 Å². The molecule has 26 heavy (non-hydrogen) atoms.